The second-order valence-electron chi connectivity index (χ2n) is 7.10. The molecule has 1 heterocycles. The van der Waals surface area contributed by atoms with Crippen LogP contribution in [0.5, 0.6) is 5.75 Å². The molecular formula is C24H17FN2O5S. The Kier molecular flexibility index (Phi) is 6.50. The van der Waals surface area contributed by atoms with Gasteiger partial charge < -0.3 is 4.74 Å². The van der Waals surface area contributed by atoms with Crippen LogP contribution in [0.25, 0.3) is 6.08 Å². The summed E-state index contributed by atoms with van der Waals surface area (Å²) in [7, 11) is 0. The molecule has 7 nitrogen and oxygen atoms in total. The van der Waals surface area contributed by atoms with E-state index in [9.17, 15) is 24.1 Å². The molecule has 0 aliphatic carbocycles. The minimum atomic E-state index is -0.482. The van der Waals surface area contributed by atoms with Gasteiger partial charge >= 0.3 is 0 Å². The minimum absolute atomic E-state index is 0.0137. The zero-order valence-electron chi connectivity index (χ0n) is 17.1. The number of nitrogens with zero attached hydrogens (tertiary/aromatic N) is 2. The Bertz CT molecular complexity index is 1260. The molecule has 1 fully saturated rings. The van der Waals surface area contributed by atoms with Gasteiger partial charge in [0.1, 0.15) is 18.2 Å². The highest BCUT2D eigenvalue weighted by atomic mass is 32.2. The third-order valence-corrected chi connectivity index (χ3v) is 5.83. The van der Waals surface area contributed by atoms with Crippen LogP contribution in [0.3, 0.4) is 0 Å². The first-order chi connectivity index (χ1) is 15.9. The van der Waals surface area contributed by atoms with E-state index in [1.54, 1.807) is 60.7 Å². The number of ether oxygens (including phenoxy) is 1. The Morgan fingerprint density at radius 1 is 0.970 bits per heavy atom. The van der Waals surface area contributed by atoms with E-state index in [-0.39, 0.29) is 29.3 Å². The predicted octanol–water partition coefficient (Wildman–Crippen LogP) is 5.55. The number of amides is 2. The normalized spacial score (nSPS) is 14.7. The van der Waals surface area contributed by atoms with Gasteiger partial charge in [0, 0.05) is 11.6 Å². The van der Waals surface area contributed by atoms with E-state index in [2.05, 4.69) is 0 Å². The summed E-state index contributed by atoms with van der Waals surface area (Å²) in [4.78, 5) is 36.8. The lowest BCUT2D eigenvalue weighted by Crippen LogP contribution is -2.27. The zero-order chi connectivity index (χ0) is 23.4. The van der Waals surface area contributed by atoms with Gasteiger partial charge in [-0.15, -0.1) is 0 Å². The molecule has 4 rings (SSSR count). The average molecular weight is 464 g/mol. The lowest BCUT2D eigenvalue weighted by atomic mass is 10.2. The number of carbonyl (C=O) groups excluding carboxylic acids is 2. The molecule has 2 amide bonds. The second kappa shape index (κ2) is 9.66. The molecule has 1 aliphatic heterocycles. The van der Waals surface area contributed by atoms with E-state index >= 15 is 0 Å². The maximum absolute atomic E-state index is 13.9. The van der Waals surface area contributed by atoms with Crippen LogP contribution in [0.2, 0.25) is 0 Å². The van der Waals surface area contributed by atoms with E-state index in [1.807, 2.05) is 0 Å². The Labute approximate surface area is 192 Å². The number of nitro groups is 1. The number of benzene rings is 3. The molecule has 3 aromatic carbocycles. The highest BCUT2D eigenvalue weighted by Gasteiger charge is 2.35. The fraction of sp³-hybridized carbons (Fsp3) is 0.0833. The molecule has 0 saturated carbocycles. The van der Waals surface area contributed by atoms with Gasteiger partial charge in [-0.2, -0.15) is 0 Å². The number of nitro benzene ring substituents is 1. The quantitative estimate of drug-likeness (QED) is 0.259. The fourth-order valence-corrected chi connectivity index (χ4v) is 4.06. The Balaban J connectivity index is 1.42. The fourth-order valence-electron chi connectivity index (χ4n) is 3.22. The molecule has 0 spiro atoms. The number of para-hydroxylation sites is 1. The number of halogens is 1. The maximum atomic E-state index is 13.9. The van der Waals surface area contributed by atoms with Gasteiger partial charge in [-0.25, -0.2) is 4.39 Å². The maximum Gasteiger partial charge on any atom is 0.293 e. The van der Waals surface area contributed by atoms with Crippen LogP contribution in [0.4, 0.5) is 14.9 Å². The van der Waals surface area contributed by atoms with Crippen molar-refractivity contribution in [1.29, 1.82) is 0 Å². The van der Waals surface area contributed by atoms with Gasteiger partial charge in [-0.05, 0) is 47.7 Å². The molecule has 0 radical (unpaired) electrons. The molecule has 3 aromatic rings. The van der Waals surface area contributed by atoms with Gasteiger partial charge in [0.15, 0.2) is 0 Å². The number of thioether (sulfide) groups is 1. The summed E-state index contributed by atoms with van der Waals surface area (Å²) in [5.41, 5.74) is 1.38. The summed E-state index contributed by atoms with van der Waals surface area (Å²) in [5, 5.41) is 10.6. The van der Waals surface area contributed by atoms with Crippen molar-refractivity contribution in [2.75, 3.05) is 0 Å². The lowest BCUT2D eigenvalue weighted by molar-refractivity contribution is -0.385. The van der Waals surface area contributed by atoms with Crippen molar-refractivity contribution in [1.82, 2.24) is 4.90 Å². The summed E-state index contributed by atoms with van der Waals surface area (Å²) in [6, 6.07) is 19.1. The van der Waals surface area contributed by atoms with Crippen LogP contribution in [0.1, 0.15) is 16.7 Å². The molecule has 0 aromatic heterocycles. The molecule has 1 aliphatic rings. The number of imide groups is 1. The molecule has 0 unspecified atom stereocenters. The third kappa shape index (κ3) is 5.09. The van der Waals surface area contributed by atoms with Crippen LogP contribution in [0, 0.1) is 15.9 Å². The molecule has 9 heteroatoms. The summed E-state index contributed by atoms with van der Waals surface area (Å²) >= 11 is 0.799. The van der Waals surface area contributed by atoms with E-state index in [4.69, 9.17) is 4.74 Å². The molecule has 0 bridgehead atoms. The van der Waals surface area contributed by atoms with Crippen molar-refractivity contribution in [2.45, 2.75) is 13.2 Å². The van der Waals surface area contributed by atoms with Crippen LogP contribution >= 0.6 is 11.8 Å². The summed E-state index contributed by atoms with van der Waals surface area (Å²) < 4.78 is 19.5. The first-order valence-electron chi connectivity index (χ1n) is 9.86. The molecule has 166 valence electrons. The van der Waals surface area contributed by atoms with Crippen molar-refractivity contribution in [3.8, 4) is 5.75 Å². The first kappa shape index (κ1) is 22.2. The van der Waals surface area contributed by atoms with Crippen LogP contribution in [-0.4, -0.2) is 21.0 Å². The van der Waals surface area contributed by atoms with E-state index in [1.165, 1.54) is 18.2 Å². The summed E-state index contributed by atoms with van der Waals surface area (Å²) in [5.74, 6) is -0.458. The van der Waals surface area contributed by atoms with E-state index in [0.717, 1.165) is 16.7 Å². The van der Waals surface area contributed by atoms with Crippen molar-refractivity contribution in [2.24, 2.45) is 0 Å². The predicted molar refractivity (Wildman–Crippen MR) is 122 cm³/mol. The van der Waals surface area contributed by atoms with Gasteiger partial charge in [0.2, 0.25) is 0 Å². The van der Waals surface area contributed by atoms with Gasteiger partial charge in [0.05, 0.1) is 21.9 Å². The highest BCUT2D eigenvalue weighted by molar-refractivity contribution is 8.18. The molecular weight excluding hydrogens is 447 g/mol. The minimum Gasteiger partial charge on any atom is -0.489 e. The molecule has 1 saturated heterocycles. The topological polar surface area (TPSA) is 89.7 Å². The second-order valence-corrected chi connectivity index (χ2v) is 8.10. The monoisotopic (exact) mass is 464 g/mol. The third-order valence-electron chi connectivity index (χ3n) is 4.92. The Morgan fingerprint density at radius 2 is 1.64 bits per heavy atom. The van der Waals surface area contributed by atoms with Crippen molar-refractivity contribution in [3.05, 3.63) is 110 Å². The summed E-state index contributed by atoms with van der Waals surface area (Å²) in [6.07, 6.45) is 1.58. The molecule has 0 N–H and O–H groups in total. The SMILES string of the molecule is O=C1S/C(=C\c2ccc(OCc3ccccc3[N+](=O)[O-])cc2)C(=O)N1Cc1ccccc1F. The van der Waals surface area contributed by atoms with Gasteiger partial charge in [-0.1, -0.05) is 42.5 Å². The van der Waals surface area contributed by atoms with E-state index < -0.39 is 21.9 Å². The first-order valence-corrected chi connectivity index (χ1v) is 10.7. The average Bonchev–Trinajstić information content (AvgIpc) is 3.07. The van der Waals surface area contributed by atoms with Gasteiger partial charge in [-0.3, -0.25) is 24.6 Å². The van der Waals surface area contributed by atoms with Crippen LogP contribution < -0.4 is 4.74 Å². The largest absolute Gasteiger partial charge is 0.489 e. The van der Waals surface area contributed by atoms with Crippen molar-refractivity contribution >= 4 is 34.7 Å². The number of rotatable bonds is 7. The summed E-state index contributed by atoms with van der Waals surface area (Å²) in [6.45, 7) is -0.0987. The number of hydrogen-bond donors (Lipinski definition) is 0. The van der Waals surface area contributed by atoms with Crippen LogP contribution in [-0.2, 0) is 17.9 Å². The van der Waals surface area contributed by atoms with Crippen LogP contribution in [0.15, 0.2) is 77.7 Å². The van der Waals surface area contributed by atoms with Gasteiger partial charge in [0.25, 0.3) is 16.8 Å². The standard InChI is InChI=1S/C24H17FN2O5S/c25-20-7-3-1-5-17(20)14-26-23(28)22(33-24(26)29)13-16-9-11-19(12-10-16)32-15-18-6-2-4-8-21(18)27(30)31/h1-13H,14-15H2/b22-13-. The smallest absolute Gasteiger partial charge is 0.293 e. The Hall–Kier alpha value is -3.98. The zero-order valence-corrected chi connectivity index (χ0v) is 18.0. The molecule has 33 heavy (non-hydrogen) atoms. The number of hydrogen-bond acceptors (Lipinski definition) is 6. The van der Waals surface area contributed by atoms with E-state index in [0.29, 0.717) is 16.9 Å². The Morgan fingerprint density at radius 3 is 2.33 bits per heavy atom. The lowest BCUT2D eigenvalue weighted by Gasteiger charge is -2.12. The van der Waals surface area contributed by atoms with Crippen molar-refractivity contribution < 1.29 is 23.6 Å². The number of carbonyl (C=O) groups is 2. The highest BCUT2D eigenvalue weighted by Crippen LogP contribution is 2.33. The van der Waals surface area contributed by atoms with Crippen molar-refractivity contribution in [3.63, 3.8) is 0 Å². The molecule has 0 atom stereocenters.